The minimum absolute atomic E-state index is 0.0606. The van der Waals surface area contributed by atoms with E-state index in [1.54, 1.807) is 48.5 Å². The number of halogens is 2. The molecule has 0 bridgehead atoms. The van der Waals surface area contributed by atoms with Gasteiger partial charge in [-0.2, -0.15) is 0 Å². The molecule has 0 N–H and O–H groups in total. The van der Waals surface area contributed by atoms with Gasteiger partial charge in [-0.1, -0.05) is 60.7 Å². The van der Waals surface area contributed by atoms with E-state index in [9.17, 15) is 13.6 Å². The van der Waals surface area contributed by atoms with Crippen molar-refractivity contribution in [3.8, 4) is 0 Å². The van der Waals surface area contributed by atoms with E-state index in [0.717, 1.165) is 18.2 Å². The Morgan fingerprint density at radius 2 is 1.33 bits per heavy atom. The summed E-state index contributed by atoms with van der Waals surface area (Å²) in [6.45, 7) is 0. The summed E-state index contributed by atoms with van der Waals surface area (Å²) < 4.78 is 27.8. The summed E-state index contributed by atoms with van der Waals surface area (Å²) in [4.78, 5) is 12.5. The molecule has 3 rings (SSSR count). The molecule has 0 heterocycles. The highest BCUT2D eigenvalue weighted by molar-refractivity contribution is 6.10. The van der Waals surface area contributed by atoms with Crippen LogP contribution in [0.5, 0.6) is 0 Å². The van der Waals surface area contributed by atoms with Crippen molar-refractivity contribution in [2.45, 2.75) is 0 Å². The zero-order valence-electron chi connectivity index (χ0n) is 12.7. The second-order valence-electron chi connectivity index (χ2n) is 5.28. The van der Waals surface area contributed by atoms with Crippen molar-refractivity contribution in [3.63, 3.8) is 0 Å². The second-order valence-corrected chi connectivity index (χ2v) is 5.28. The standard InChI is InChI=1S/C21H14F2O/c22-17-11-12-20(23)19(13-17)18(15-7-3-1-4-8-15)14-21(24)16-9-5-2-6-10-16/h1-14H/b18-14+. The molecule has 3 aromatic carbocycles. The van der Waals surface area contributed by atoms with E-state index in [0.29, 0.717) is 16.7 Å². The van der Waals surface area contributed by atoms with Gasteiger partial charge in [0.2, 0.25) is 0 Å². The monoisotopic (exact) mass is 320 g/mol. The van der Waals surface area contributed by atoms with Crippen LogP contribution in [0.3, 0.4) is 0 Å². The van der Waals surface area contributed by atoms with Crippen LogP contribution in [-0.2, 0) is 0 Å². The van der Waals surface area contributed by atoms with E-state index >= 15 is 0 Å². The van der Waals surface area contributed by atoms with Gasteiger partial charge in [0.15, 0.2) is 5.78 Å². The molecule has 0 aromatic heterocycles. The molecule has 118 valence electrons. The third-order valence-electron chi connectivity index (χ3n) is 3.64. The highest BCUT2D eigenvalue weighted by Gasteiger charge is 2.14. The first kappa shape index (κ1) is 15.8. The molecule has 0 aliphatic heterocycles. The van der Waals surface area contributed by atoms with E-state index in [1.807, 2.05) is 12.1 Å². The fourth-order valence-corrected chi connectivity index (χ4v) is 2.46. The van der Waals surface area contributed by atoms with E-state index in [2.05, 4.69) is 0 Å². The van der Waals surface area contributed by atoms with E-state index in [1.165, 1.54) is 6.08 Å². The zero-order valence-corrected chi connectivity index (χ0v) is 12.7. The number of ketones is 1. The Bertz CT molecular complexity index is 884. The lowest BCUT2D eigenvalue weighted by molar-refractivity contribution is 0.104. The Balaban J connectivity index is 2.14. The van der Waals surface area contributed by atoms with Crippen molar-refractivity contribution in [2.75, 3.05) is 0 Å². The highest BCUT2D eigenvalue weighted by Crippen LogP contribution is 2.27. The predicted octanol–water partition coefficient (Wildman–Crippen LogP) is 5.28. The molecular formula is C21H14F2O. The zero-order chi connectivity index (χ0) is 16.9. The van der Waals surface area contributed by atoms with Crippen LogP contribution in [0.25, 0.3) is 5.57 Å². The molecule has 0 unspecified atom stereocenters. The predicted molar refractivity (Wildman–Crippen MR) is 90.7 cm³/mol. The lowest BCUT2D eigenvalue weighted by Gasteiger charge is -2.10. The number of carbonyl (C=O) groups excluding carboxylic acids is 1. The molecule has 0 aliphatic carbocycles. The van der Waals surface area contributed by atoms with Gasteiger partial charge in [0.05, 0.1) is 0 Å². The third kappa shape index (κ3) is 3.46. The maximum absolute atomic E-state index is 14.2. The van der Waals surface area contributed by atoms with Gasteiger partial charge in [-0.3, -0.25) is 4.79 Å². The van der Waals surface area contributed by atoms with E-state index in [-0.39, 0.29) is 11.3 Å². The Morgan fingerprint density at radius 3 is 1.96 bits per heavy atom. The Kier molecular flexibility index (Phi) is 4.62. The SMILES string of the molecule is O=C(/C=C(\c1ccccc1)c1cc(F)ccc1F)c1ccccc1. The fourth-order valence-electron chi connectivity index (χ4n) is 2.46. The maximum atomic E-state index is 14.2. The van der Waals surface area contributed by atoms with Gasteiger partial charge >= 0.3 is 0 Å². The van der Waals surface area contributed by atoms with Crippen LogP contribution in [0.2, 0.25) is 0 Å². The number of hydrogen-bond donors (Lipinski definition) is 0. The number of rotatable bonds is 4. The van der Waals surface area contributed by atoms with Crippen LogP contribution < -0.4 is 0 Å². The summed E-state index contributed by atoms with van der Waals surface area (Å²) in [7, 11) is 0. The van der Waals surface area contributed by atoms with Crippen molar-refractivity contribution in [1.29, 1.82) is 0 Å². The number of benzene rings is 3. The van der Waals surface area contributed by atoms with Crippen molar-refractivity contribution in [1.82, 2.24) is 0 Å². The largest absolute Gasteiger partial charge is 0.289 e. The molecule has 3 aromatic rings. The summed E-state index contributed by atoms with van der Waals surface area (Å²) in [5, 5.41) is 0. The van der Waals surface area contributed by atoms with Gasteiger partial charge < -0.3 is 0 Å². The smallest absolute Gasteiger partial charge is 0.186 e. The van der Waals surface area contributed by atoms with E-state index in [4.69, 9.17) is 0 Å². The first-order chi connectivity index (χ1) is 11.6. The Morgan fingerprint density at radius 1 is 0.750 bits per heavy atom. The van der Waals surface area contributed by atoms with Crippen LogP contribution in [-0.4, -0.2) is 5.78 Å². The van der Waals surface area contributed by atoms with Gasteiger partial charge in [-0.25, -0.2) is 8.78 Å². The number of carbonyl (C=O) groups is 1. The minimum Gasteiger partial charge on any atom is -0.289 e. The Hall–Kier alpha value is -3.07. The molecule has 0 saturated heterocycles. The lowest BCUT2D eigenvalue weighted by atomic mass is 9.95. The lowest BCUT2D eigenvalue weighted by Crippen LogP contribution is -2.00. The second kappa shape index (κ2) is 7.01. The molecule has 0 radical (unpaired) electrons. The van der Waals surface area contributed by atoms with Crippen molar-refractivity contribution in [2.24, 2.45) is 0 Å². The van der Waals surface area contributed by atoms with Crippen LogP contribution in [0.15, 0.2) is 84.9 Å². The maximum Gasteiger partial charge on any atom is 0.186 e. The summed E-state index contributed by atoms with van der Waals surface area (Å²) in [5.74, 6) is -1.40. The normalized spacial score (nSPS) is 11.3. The van der Waals surface area contributed by atoms with Crippen molar-refractivity contribution >= 4 is 11.4 Å². The molecule has 0 spiro atoms. The summed E-state index contributed by atoms with van der Waals surface area (Å²) in [6, 6.07) is 20.8. The van der Waals surface area contributed by atoms with Gasteiger partial charge in [0.1, 0.15) is 11.6 Å². The third-order valence-corrected chi connectivity index (χ3v) is 3.64. The van der Waals surface area contributed by atoms with Crippen LogP contribution in [0, 0.1) is 11.6 Å². The first-order valence-electron chi connectivity index (χ1n) is 7.47. The first-order valence-corrected chi connectivity index (χ1v) is 7.47. The van der Waals surface area contributed by atoms with Gasteiger partial charge in [-0.05, 0) is 35.4 Å². The molecule has 0 amide bonds. The van der Waals surface area contributed by atoms with Gasteiger partial charge in [-0.15, -0.1) is 0 Å². The summed E-state index contributed by atoms with van der Waals surface area (Å²) in [6.07, 6.45) is 1.35. The van der Waals surface area contributed by atoms with E-state index < -0.39 is 11.6 Å². The Labute approximate surface area is 138 Å². The van der Waals surface area contributed by atoms with Crippen LogP contribution in [0.1, 0.15) is 21.5 Å². The molecule has 0 fully saturated rings. The molecule has 3 heteroatoms. The summed E-state index contributed by atoms with van der Waals surface area (Å²) >= 11 is 0. The molecule has 24 heavy (non-hydrogen) atoms. The molecule has 1 nitrogen and oxygen atoms in total. The number of hydrogen-bond acceptors (Lipinski definition) is 1. The van der Waals surface area contributed by atoms with Crippen molar-refractivity contribution in [3.05, 3.63) is 113 Å². The van der Waals surface area contributed by atoms with Crippen LogP contribution in [0.4, 0.5) is 8.78 Å². The molecule has 0 aliphatic rings. The quantitative estimate of drug-likeness (QED) is 0.472. The summed E-state index contributed by atoms with van der Waals surface area (Å²) in [5.41, 5.74) is 1.54. The number of allylic oxidation sites excluding steroid dienone is 1. The van der Waals surface area contributed by atoms with Gasteiger partial charge in [0.25, 0.3) is 0 Å². The van der Waals surface area contributed by atoms with Gasteiger partial charge in [0, 0.05) is 11.1 Å². The average Bonchev–Trinajstić information content (AvgIpc) is 2.63. The molecule has 0 atom stereocenters. The topological polar surface area (TPSA) is 17.1 Å². The van der Waals surface area contributed by atoms with Crippen LogP contribution >= 0.6 is 0 Å². The van der Waals surface area contributed by atoms with Crippen molar-refractivity contribution < 1.29 is 13.6 Å². The molecular weight excluding hydrogens is 306 g/mol. The molecule has 0 saturated carbocycles. The fraction of sp³-hybridized carbons (Fsp3) is 0. The highest BCUT2D eigenvalue weighted by atomic mass is 19.1. The minimum atomic E-state index is -0.577. The average molecular weight is 320 g/mol.